The molecular weight excluding hydrogens is 406 g/mol. The van der Waals surface area contributed by atoms with E-state index < -0.39 is 0 Å². The summed E-state index contributed by atoms with van der Waals surface area (Å²) in [5.41, 5.74) is 6.04. The number of hydrogen-bond acceptors (Lipinski definition) is 5. The Morgan fingerprint density at radius 1 is 0.788 bits per heavy atom. The van der Waals surface area contributed by atoms with Gasteiger partial charge in [0.2, 0.25) is 0 Å². The summed E-state index contributed by atoms with van der Waals surface area (Å²) in [4.78, 5) is 0. The molecule has 0 spiro atoms. The molecule has 0 aromatic rings. The number of nitrogens with two attached hydrogens (primary N) is 2. The van der Waals surface area contributed by atoms with E-state index in [4.69, 9.17) is 11.6 Å². The van der Waals surface area contributed by atoms with Gasteiger partial charge in [0.05, 0.1) is 0 Å². The van der Waals surface area contributed by atoms with Gasteiger partial charge in [-0.2, -0.15) is 0 Å². The second kappa shape index (κ2) is 18.8. The van der Waals surface area contributed by atoms with Crippen molar-refractivity contribution in [2.24, 2.45) is 17.5 Å². The van der Waals surface area contributed by atoms with Gasteiger partial charge in [-0.1, -0.05) is 59.1 Å². The third-order valence-corrected chi connectivity index (χ3v) is 6.78. The van der Waals surface area contributed by atoms with Crippen LogP contribution in [0, 0.1) is 5.92 Å². The van der Waals surface area contributed by atoms with Gasteiger partial charge >= 0.3 is 0 Å². The molecule has 0 aliphatic carbocycles. The first-order valence-electron chi connectivity index (χ1n) is 13.6. The van der Waals surface area contributed by atoms with Crippen molar-refractivity contribution >= 4 is 0 Å². The quantitative estimate of drug-likeness (QED) is 0.0857. The SMILES string of the molecule is CCC(C)(C)NCCCCC(C)(C)N(N)C/C=C\CN.CCC(C)(C)NCCCCC(C)C. The lowest BCUT2D eigenvalue weighted by Crippen LogP contribution is -2.48. The second-order valence-corrected chi connectivity index (χ2v) is 11.8. The highest BCUT2D eigenvalue weighted by atomic mass is 15.4. The minimum absolute atomic E-state index is 0.0270. The topological polar surface area (TPSA) is 79.3 Å². The fraction of sp³-hybridized carbons (Fsp3) is 0.929. The molecule has 0 bridgehead atoms. The van der Waals surface area contributed by atoms with Crippen LogP contribution in [0.1, 0.15) is 121 Å². The highest BCUT2D eigenvalue weighted by Gasteiger charge is 2.22. The zero-order valence-electron chi connectivity index (χ0n) is 24.3. The number of unbranched alkanes of at least 4 members (excludes halogenated alkanes) is 2. The number of nitrogens with one attached hydrogen (secondary N) is 2. The molecule has 200 valence electrons. The summed E-state index contributed by atoms with van der Waals surface area (Å²) in [6.45, 7) is 26.1. The van der Waals surface area contributed by atoms with Gasteiger partial charge in [-0.15, -0.1) is 0 Å². The van der Waals surface area contributed by atoms with Crippen LogP contribution in [0.3, 0.4) is 0 Å². The van der Waals surface area contributed by atoms with Gasteiger partial charge in [-0.3, -0.25) is 5.84 Å². The molecule has 0 aliphatic rings. The second-order valence-electron chi connectivity index (χ2n) is 11.8. The molecule has 0 aromatic carbocycles. The average Bonchev–Trinajstić information content (AvgIpc) is 2.73. The monoisotopic (exact) mass is 470 g/mol. The lowest BCUT2D eigenvalue weighted by molar-refractivity contribution is 0.124. The first-order chi connectivity index (χ1) is 15.2. The van der Waals surface area contributed by atoms with E-state index in [2.05, 4.69) is 79.9 Å². The summed E-state index contributed by atoms with van der Waals surface area (Å²) in [7, 11) is 0. The summed E-state index contributed by atoms with van der Waals surface area (Å²) >= 11 is 0. The largest absolute Gasteiger partial charge is 0.327 e. The molecule has 0 fully saturated rings. The highest BCUT2D eigenvalue weighted by Crippen LogP contribution is 2.18. The lowest BCUT2D eigenvalue weighted by atomic mass is 9.96. The van der Waals surface area contributed by atoms with Crippen molar-refractivity contribution in [3.63, 3.8) is 0 Å². The van der Waals surface area contributed by atoms with Crippen LogP contribution in [0.5, 0.6) is 0 Å². The maximum Gasteiger partial charge on any atom is 0.0315 e. The molecule has 5 heteroatoms. The third kappa shape index (κ3) is 21.8. The highest BCUT2D eigenvalue weighted by molar-refractivity contribution is 4.89. The van der Waals surface area contributed by atoms with Crippen molar-refractivity contribution in [2.75, 3.05) is 26.2 Å². The van der Waals surface area contributed by atoms with Gasteiger partial charge in [0.25, 0.3) is 0 Å². The molecule has 33 heavy (non-hydrogen) atoms. The van der Waals surface area contributed by atoms with Crippen LogP contribution < -0.4 is 22.2 Å². The Kier molecular flexibility index (Phi) is 19.8. The van der Waals surface area contributed by atoms with Crippen LogP contribution in [0.25, 0.3) is 0 Å². The van der Waals surface area contributed by atoms with Crippen molar-refractivity contribution in [3.8, 4) is 0 Å². The maximum absolute atomic E-state index is 6.12. The van der Waals surface area contributed by atoms with Crippen LogP contribution in [0.2, 0.25) is 0 Å². The summed E-state index contributed by atoms with van der Waals surface area (Å²) in [5, 5.41) is 9.08. The molecule has 0 heterocycles. The van der Waals surface area contributed by atoms with Gasteiger partial charge in [0.15, 0.2) is 0 Å². The fourth-order valence-electron chi connectivity index (χ4n) is 3.14. The minimum atomic E-state index is 0.0270. The zero-order chi connectivity index (χ0) is 26.0. The normalized spacial score (nSPS) is 13.2. The molecule has 0 unspecified atom stereocenters. The van der Waals surface area contributed by atoms with Crippen LogP contribution >= 0.6 is 0 Å². The van der Waals surface area contributed by atoms with E-state index in [0.29, 0.717) is 12.1 Å². The van der Waals surface area contributed by atoms with E-state index in [0.717, 1.165) is 31.8 Å². The molecule has 0 aromatic heterocycles. The molecule has 5 nitrogen and oxygen atoms in total. The standard InChI is InChI=1S/C16H36N4.C12H27N/c1-6-15(2,3)19-13-9-7-11-16(4,5)20(18)14-10-8-12-17;1-6-12(4,5)13-10-8-7-9-11(2)3/h8,10,19H,6-7,9,11-14,17-18H2,1-5H3;11,13H,6-10H2,1-5H3/b10-8-;. The molecule has 0 rings (SSSR count). The predicted octanol–water partition coefficient (Wildman–Crippen LogP) is 6.00. The van der Waals surface area contributed by atoms with Crippen molar-refractivity contribution in [1.29, 1.82) is 0 Å². The molecule has 0 aliphatic heterocycles. The van der Waals surface area contributed by atoms with Gasteiger partial charge in [-0.25, -0.2) is 5.01 Å². The summed E-state index contributed by atoms with van der Waals surface area (Å²) in [6.07, 6.45) is 13.9. The van der Waals surface area contributed by atoms with Crippen LogP contribution in [-0.2, 0) is 0 Å². The Morgan fingerprint density at radius 3 is 1.70 bits per heavy atom. The predicted molar refractivity (Wildman–Crippen MR) is 150 cm³/mol. The molecule has 0 saturated carbocycles. The average molecular weight is 470 g/mol. The van der Waals surface area contributed by atoms with Crippen LogP contribution in [0.15, 0.2) is 12.2 Å². The van der Waals surface area contributed by atoms with Gasteiger partial charge in [0, 0.05) is 29.7 Å². The Hall–Kier alpha value is -0.460. The van der Waals surface area contributed by atoms with Gasteiger partial charge in [0.1, 0.15) is 0 Å². The number of hydrazine groups is 1. The first-order valence-corrected chi connectivity index (χ1v) is 13.6. The third-order valence-electron chi connectivity index (χ3n) is 6.78. The lowest BCUT2D eigenvalue weighted by Gasteiger charge is -2.34. The van der Waals surface area contributed by atoms with E-state index in [1.165, 1.54) is 45.1 Å². The van der Waals surface area contributed by atoms with Gasteiger partial charge in [-0.05, 0) is 92.7 Å². The number of hydrogen-bond donors (Lipinski definition) is 4. The van der Waals surface area contributed by atoms with Crippen molar-refractivity contribution < 1.29 is 0 Å². The first kappa shape index (κ1) is 34.7. The Balaban J connectivity index is 0. The Morgan fingerprint density at radius 2 is 1.27 bits per heavy atom. The van der Waals surface area contributed by atoms with Gasteiger partial charge < -0.3 is 16.4 Å². The molecular formula is C28H63N5. The Labute approximate surface area is 208 Å². The van der Waals surface area contributed by atoms with Crippen molar-refractivity contribution in [3.05, 3.63) is 12.2 Å². The molecule has 0 amide bonds. The molecule has 0 radical (unpaired) electrons. The van der Waals surface area contributed by atoms with Crippen LogP contribution in [-0.4, -0.2) is 47.8 Å². The van der Waals surface area contributed by atoms with E-state index >= 15 is 0 Å². The summed E-state index contributed by atoms with van der Waals surface area (Å²) in [5.74, 6) is 6.98. The van der Waals surface area contributed by atoms with Crippen LogP contribution in [0.4, 0.5) is 0 Å². The number of nitrogens with zero attached hydrogens (tertiary/aromatic N) is 1. The molecule has 0 saturated heterocycles. The fourth-order valence-corrected chi connectivity index (χ4v) is 3.14. The minimum Gasteiger partial charge on any atom is -0.327 e. The summed E-state index contributed by atoms with van der Waals surface area (Å²) in [6, 6.07) is 0. The summed E-state index contributed by atoms with van der Waals surface area (Å²) < 4.78 is 0. The maximum atomic E-state index is 6.12. The Bertz CT molecular complexity index is 469. The number of rotatable bonds is 18. The van der Waals surface area contributed by atoms with E-state index in [9.17, 15) is 0 Å². The van der Waals surface area contributed by atoms with Crippen molar-refractivity contribution in [2.45, 2.75) is 137 Å². The van der Waals surface area contributed by atoms with Crippen molar-refractivity contribution in [1.82, 2.24) is 15.6 Å². The van der Waals surface area contributed by atoms with E-state index in [1.54, 1.807) is 0 Å². The van der Waals surface area contributed by atoms with E-state index in [-0.39, 0.29) is 11.1 Å². The molecule has 6 N–H and O–H groups in total. The molecule has 0 atom stereocenters. The zero-order valence-corrected chi connectivity index (χ0v) is 24.3. The smallest absolute Gasteiger partial charge is 0.0315 e. The van der Waals surface area contributed by atoms with E-state index in [1.807, 2.05) is 17.2 Å².